The topological polar surface area (TPSA) is 18.5 Å². The van der Waals surface area contributed by atoms with Crippen molar-refractivity contribution in [1.82, 2.24) is 0 Å². The molecule has 0 spiro atoms. The van der Waals surface area contributed by atoms with Gasteiger partial charge in [-0.2, -0.15) is 13.2 Å². The summed E-state index contributed by atoms with van der Waals surface area (Å²) in [5, 5.41) is 0. The zero-order chi connectivity index (χ0) is 12.0. The van der Waals surface area contributed by atoms with E-state index in [1.165, 1.54) is 0 Å². The van der Waals surface area contributed by atoms with Crippen LogP contribution in [0.15, 0.2) is 30.3 Å². The Labute approximate surface area is 92.0 Å². The van der Waals surface area contributed by atoms with Gasteiger partial charge in [0, 0.05) is 7.11 Å². The highest BCUT2D eigenvalue weighted by Crippen LogP contribution is 2.22. The predicted octanol–water partition coefficient (Wildman–Crippen LogP) is 2.78. The van der Waals surface area contributed by atoms with E-state index in [1.807, 2.05) is 6.07 Å². The van der Waals surface area contributed by atoms with Crippen molar-refractivity contribution in [2.75, 3.05) is 13.7 Å². The summed E-state index contributed by atoms with van der Waals surface area (Å²) < 4.78 is 46.0. The molecular weight excluding hydrogens is 221 g/mol. The van der Waals surface area contributed by atoms with Crippen molar-refractivity contribution in [2.45, 2.75) is 18.9 Å². The first kappa shape index (κ1) is 13.0. The lowest BCUT2D eigenvalue weighted by Gasteiger charge is -2.18. The van der Waals surface area contributed by atoms with E-state index in [1.54, 1.807) is 24.3 Å². The van der Waals surface area contributed by atoms with E-state index in [9.17, 15) is 13.2 Å². The van der Waals surface area contributed by atoms with Gasteiger partial charge in [0.25, 0.3) is 0 Å². The van der Waals surface area contributed by atoms with Gasteiger partial charge in [-0.25, -0.2) is 0 Å². The number of methoxy groups -OCH3 is 1. The summed E-state index contributed by atoms with van der Waals surface area (Å²) in [5.41, 5.74) is 0.833. The number of alkyl halides is 3. The molecule has 90 valence electrons. The second-order valence-electron chi connectivity index (χ2n) is 3.27. The Balaban J connectivity index is 2.35. The predicted molar refractivity (Wildman–Crippen MR) is 53.0 cm³/mol. The van der Waals surface area contributed by atoms with Gasteiger partial charge in [0.15, 0.2) is 6.10 Å². The first-order valence-electron chi connectivity index (χ1n) is 4.75. The first-order chi connectivity index (χ1) is 7.54. The Morgan fingerprint density at radius 3 is 2.31 bits per heavy atom. The minimum Gasteiger partial charge on any atom is -0.374 e. The molecule has 1 atom stereocenters. The standard InChI is InChI=1S/C11H13F3O2/c1-15-10(11(12,13)14)8-16-7-9-5-3-2-4-6-9/h2-6,10H,7-8H2,1H3. The second-order valence-corrected chi connectivity index (χ2v) is 3.27. The highest BCUT2D eigenvalue weighted by molar-refractivity contribution is 5.13. The van der Waals surface area contributed by atoms with Crippen LogP contribution in [0.25, 0.3) is 0 Å². The van der Waals surface area contributed by atoms with Crippen LogP contribution in [0.1, 0.15) is 5.56 Å². The van der Waals surface area contributed by atoms with Crippen molar-refractivity contribution < 1.29 is 22.6 Å². The van der Waals surface area contributed by atoms with Crippen molar-refractivity contribution in [1.29, 1.82) is 0 Å². The molecule has 0 aromatic heterocycles. The first-order valence-corrected chi connectivity index (χ1v) is 4.75. The number of hydrogen-bond acceptors (Lipinski definition) is 2. The summed E-state index contributed by atoms with van der Waals surface area (Å²) in [4.78, 5) is 0. The molecule has 0 radical (unpaired) electrons. The molecular formula is C11H13F3O2. The maximum Gasteiger partial charge on any atom is 0.416 e. The normalized spacial score (nSPS) is 13.8. The quantitative estimate of drug-likeness (QED) is 0.780. The Morgan fingerprint density at radius 1 is 1.19 bits per heavy atom. The third-order valence-electron chi connectivity index (χ3n) is 2.03. The molecule has 0 bridgehead atoms. The van der Waals surface area contributed by atoms with Crippen molar-refractivity contribution in [3.63, 3.8) is 0 Å². The molecule has 1 aromatic rings. The van der Waals surface area contributed by atoms with Crippen LogP contribution in [0.4, 0.5) is 13.2 Å². The average molecular weight is 234 g/mol. The Bertz CT molecular complexity index is 298. The third kappa shape index (κ3) is 4.20. The molecule has 0 amide bonds. The van der Waals surface area contributed by atoms with E-state index in [0.29, 0.717) is 0 Å². The molecule has 0 saturated carbocycles. The van der Waals surface area contributed by atoms with E-state index in [4.69, 9.17) is 4.74 Å². The summed E-state index contributed by atoms with van der Waals surface area (Å²) in [6.07, 6.45) is -6.25. The molecule has 0 aliphatic heterocycles. The number of rotatable bonds is 5. The second kappa shape index (κ2) is 5.86. The summed E-state index contributed by atoms with van der Waals surface area (Å²) >= 11 is 0. The molecule has 0 N–H and O–H groups in total. The van der Waals surface area contributed by atoms with Crippen molar-refractivity contribution in [2.24, 2.45) is 0 Å². The van der Waals surface area contributed by atoms with Crippen LogP contribution in [0, 0.1) is 0 Å². The molecule has 0 saturated heterocycles. The molecule has 0 fully saturated rings. The Morgan fingerprint density at radius 2 is 1.81 bits per heavy atom. The third-order valence-corrected chi connectivity index (χ3v) is 2.03. The largest absolute Gasteiger partial charge is 0.416 e. The highest BCUT2D eigenvalue weighted by atomic mass is 19.4. The molecule has 1 unspecified atom stereocenters. The van der Waals surface area contributed by atoms with Gasteiger partial charge in [-0.3, -0.25) is 0 Å². The van der Waals surface area contributed by atoms with E-state index >= 15 is 0 Å². The van der Waals surface area contributed by atoms with E-state index in [0.717, 1.165) is 12.7 Å². The van der Waals surface area contributed by atoms with Gasteiger partial charge < -0.3 is 9.47 Å². The van der Waals surface area contributed by atoms with Gasteiger partial charge in [0.1, 0.15) is 0 Å². The maximum atomic E-state index is 12.2. The van der Waals surface area contributed by atoms with Crippen LogP contribution >= 0.6 is 0 Å². The van der Waals surface area contributed by atoms with Crippen LogP contribution < -0.4 is 0 Å². The van der Waals surface area contributed by atoms with Crippen LogP contribution in [-0.2, 0) is 16.1 Å². The van der Waals surface area contributed by atoms with Gasteiger partial charge in [0.2, 0.25) is 0 Å². The smallest absolute Gasteiger partial charge is 0.374 e. The lowest BCUT2D eigenvalue weighted by molar-refractivity contribution is -0.227. The highest BCUT2D eigenvalue weighted by Gasteiger charge is 2.40. The molecule has 0 aliphatic rings. The molecule has 5 heteroatoms. The number of ether oxygens (including phenoxy) is 2. The minimum atomic E-state index is -4.38. The maximum absolute atomic E-state index is 12.2. The minimum absolute atomic E-state index is 0.150. The van der Waals surface area contributed by atoms with E-state index in [2.05, 4.69) is 4.74 Å². The lowest BCUT2D eigenvalue weighted by atomic mass is 10.2. The fraction of sp³-hybridized carbons (Fsp3) is 0.455. The molecule has 1 rings (SSSR count). The fourth-order valence-corrected chi connectivity index (χ4v) is 1.15. The van der Waals surface area contributed by atoms with E-state index in [-0.39, 0.29) is 6.61 Å². The Kier molecular flexibility index (Phi) is 4.76. The fourth-order valence-electron chi connectivity index (χ4n) is 1.15. The zero-order valence-corrected chi connectivity index (χ0v) is 8.83. The van der Waals surface area contributed by atoms with Crippen molar-refractivity contribution in [3.05, 3.63) is 35.9 Å². The molecule has 2 nitrogen and oxygen atoms in total. The number of hydrogen-bond donors (Lipinski definition) is 0. The molecule has 0 heterocycles. The van der Waals surface area contributed by atoms with Gasteiger partial charge in [-0.05, 0) is 5.56 Å². The summed E-state index contributed by atoms with van der Waals surface area (Å²) in [5.74, 6) is 0. The number of halogens is 3. The summed E-state index contributed by atoms with van der Waals surface area (Å²) in [6.45, 7) is -0.342. The lowest BCUT2D eigenvalue weighted by Crippen LogP contribution is -2.34. The monoisotopic (exact) mass is 234 g/mol. The van der Waals surface area contributed by atoms with Gasteiger partial charge in [-0.15, -0.1) is 0 Å². The van der Waals surface area contributed by atoms with Crippen LogP contribution in [0.5, 0.6) is 0 Å². The molecule has 0 aliphatic carbocycles. The molecule has 1 aromatic carbocycles. The van der Waals surface area contributed by atoms with Crippen LogP contribution in [-0.4, -0.2) is 26.0 Å². The number of benzene rings is 1. The van der Waals surface area contributed by atoms with Gasteiger partial charge >= 0.3 is 6.18 Å². The van der Waals surface area contributed by atoms with Crippen molar-refractivity contribution in [3.8, 4) is 0 Å². The summed E-state index contributed by atoms with van der Waals surface area (Å²) in [6, 6.07) is 9.01. The average Bonchev–Trinajstić information content (AvgIpc) is 2.24. The van der Waals surface area contributed by atoms with Crippen molar-refractivity contribution >= 4 is 0 Å². The zero-order valence-electron chi connectivity index (χ0n) is 8.83. The van der Waals surface area contributed by atoms with Crippen LogP contribution in [0.2, 0.25) is 0 Å². The summed E-state index contributed by atoms with van der Waals surface area (Å²) in [7, 11) is 1.02. The SMILES string of the molecule is COC(COCc1ccccc1)C(F)(F)F. The van der Waals surface area contributed by atoms with Crippen LogP contribution in [0.3, 0.4) is 0 Å². The van der Waals surface area contributed by atoms with E-state index < -0.39 is 18.9 Å². The Hall–Kier alpha value is -1.07. The van der Waals surface area contributed by atoms with Gasteiger partial charge in [-0.1, -0.05) is 30.3 Å². The molecule has 16 heavy (non-hydrogen) atoms. The van der Waals surface area contributed by atoms with Gasteiger partial charge in [0.05, 0.1) is 13.2 Å².